The van der Waals surface area contributed by atoms with E-state index in [4.69, 9.17) is 0 Å². The minimum absolute atomic E-state index is 0.126. The van der Waals surface area contributed by atoms with Crippen LogP contribution < -0.4 is 0 Å². The van der Waals surface area contributed by atoms with Gasteiger partial charge in [-0.15, -0.1) is 0 Å². The van der Waals surface area contributed by atoms with E-state index in [1.54, 1.807) is 42.6 Å². The van der Waals surface area contributed by atoms with Crippen LogP contribution in [0.1, 0.15) is 5.56 Å². The predicted molar refractivity (Wildman–Crippen MR) is 61.8 cm³/mol. The van der Waals surface area contributed by atoms with Crippen LogP contribution in [0.15, 0.2) is 53.5 Å². The Morgan fingerprint density at radius 1 is 1.00 bits per heavy atom. The number of nitrogens with zero attached hydrogens (tertiary/aromatic N) is 1. The molecule has 0 aliphatic rings. The maximum absolute atomic E-state index is 12.6. The van der Waals surface area contributed by atoms with Crippen molar-refractivity contribution in [2.75, 3.05) is 0 Å². The molecule has 0 spiro atoms. The summed E-state index contributed by atoms with van der Waals surface area (Å²) in [4.78, 5) is 4.11. The van der Waals surface area contributed by atoms with Gasteiger partial charge in [0.15, 0.2) is 0 Å². The van der Waals surface area contributed by atoms with Crippen LogP contribution in [0.25, 0.3) is 0 Å². The van der Waals surface area contributed by atoms with Crippen LogP contribution in [0.2, 0.25) is 0 Å². The van der Waals surface area contributed by atoms with Gasteiger partial charge in [-0.3, -0.25) is 4.99 Å². The predicted octanol–water partition coefficient (Wildman–Crippen LogP) is 3.28. The standard InChI is InChI=1S/C13H10FNO/c14-11-7-5-10(6-8-11)9-15-12-3-1-2-4-13(12)16/h1-9,16H/b15-9+. The summed E-state index contributed by atoms with van der Waals surface area (Å²) < 4.78 is 12.6. The Morgan fingerprint density at radius 3 is 2.38 bits per heavy atom. The van der Waals surface area contributed by atoms with Gasteiger partial charge in [-0.1, -0.05) is 24.3 Å². The van der Waals surface area contributed by atoms with Crippen LogP contribution in [0.4, 0.5) is 10.1 Å². The Labute approximate surface area is 92.7 Å². The number of hydrogen-bond donors (Lipinski definition) is 1. The van der Waals surface area contributed by atoms with Crippen LogP contribution in [-0.2, 0) is 0 Å². The van der Waals surface area contributed by atoms with Crippen molar-refractivity contribution in [2.24, 2.45) is 4.99 Å². The molecule has 3 heteroatoms. The molecule has 0 radical (unpaired) electrons. The van der Waals surface area contributed by atoms with Crippen molar-refractivity contribution in [1.29, 1.82) is 0 Å². The summed E-state index contributed by atoms with van der Waals surface area (Å²) in [5.41, 5.74) is 1.27. The van der Waals surface area contributed by atoms with E-state index < -0.39 is 0 Å². The fourth-order valence-corrected chi connectivity index (χ4v) is 1.27. The van der Waals surface area contributed by atoms with Crippen molar-refractivity contribution in [3.05, 3.63) is 59.9 Å². The molecule has 0 atom stereocenters. The fourth-order valence-electron chi connectivity index (χ4n) is 1.27. The minimum Gasteiger partial charge on any atom is -0.506 e. The van der Waals surface area contributed by atoms with E-state index in [9.17, 15) is 9.50 Å². The van der Waals surface area contributed by atoms with Gasteiger partial charge >= 0.3 is 0 Å². The number of aliphatic imine (C=N–C) groups is 1. The van der Waals surface area contributed by atoms with Gasteiger partial charge in [-0.25, -0.2) is 4.39 Å². The van der Waals surface area contributed by atoms with Crippen LogP contribution >= 0.6 is 0 Å². The molecule has 0 amide bonds. The van der Waals surface area contributed by atoms with E-state index in [0.29, 0.717) is 5.69 Å². The molecule has 2 nitrogen and oxygen atoms in total. The van der Waals surface area contributed by atoms with E-state index in [0.717, 1.165) is 5.56 Å². The minimum atomic E-state index is -0.278. The zero-order valence-corrected chi connectivity index (χ0v) is 8.47. The molecule has 2 rings (SSSR count). The summed E-state index contributed by atoms with van der Waals surface area (Å²) in [6.07, 6.45) is 1.58. The molecule has 0 saturated carbocycles. The Kier molecular flexibility index (Phi) is 2.96. The van der Waals surface area contributed by atoms with Crippen molar-refractivity contribution in [1.82, 2.24) is 0 Å². The Bertz CT molecular complexity index is 506. The summed E-state index contributed by atoms with van der Waals surface area (Å²) in [5.74, 6) is -0.152. The van der Waals surface area contributed by atoms with E-state index in [1.165, 1.54) is 12.1 Å². The zero-order chi connectivity index (χ0) is 11.4. The van der Waals surface area contributed by atoms with Gasteiger partial charge in [0.2, 0.25) is 0 Å². The smallest absolute Gasteiger partial charge is 0.141 e. The SMILES string of the molecule is Oc1ccccc1/N=C/c1ccc(F)cc1. The Morgan fingerprint density at radius 2 is 1.69 bits per heavy atom. The highest BCUT2D eigenvalue weighted by molar-refractivity contribution is 5.82. The van der Waals surface area contributed by atoms with Gasteiger partial charge in [0.25, 0.3) is 0 Å². The number of phenols is 1. The molecule has 2 aromatic rings. The fraction of sp³-hybridized carbons (Fsp3) is 0. The highest BCUT2D eigenvalue weighted by atomic mass is 19.1. The van der Waals surface area contributed by atoms with E-state index in [1.807, 2.05) is 0 Å². The highest BCUT2D eigenvalue weighted by Gasteiger charge is 1.95. The largest absolute Gasteiger partial charge is 0.506 e. The van der Waals surface area contributed by atoms with Gasteiger partial charge in [-0.05, 0) is 29.8 Å². The molecule has 0 aliphatic carbocycles. The Hall–Kier alpha value is -2.16. The molecular formula is C13H10FNO. The first-order valence-corrected chi connectivity index (χ1v) is 4.83. The first-order valence-electron chi connectivity index (χ1n) is 4.83. The second kappa shape index (κ2) is 4.57. The molecule has 2 aromatic carbocycles. The maximum atomic E-state index is 12.6. The van der Waals surface area contributed by atoms with Crippen molar-refractivity contribution in [2.45, 2.75) is 0 Å². The average Bonchev–Trinajstić information content (AvgIpc) is 2.30. The first-order chi connectivity index (χ1) is 7.75. The van der Waals surface area contributed by atoms with Crippen molar-refractivity contribution < 1.29 is 9.50 Å². The molecular weight excluding hydrogens is 205 g/mol. The summed E-state index contributed by atoms with van der Waals surface area (Å²) in [6.45, 7) is 0. The molecule has 0 heterocycles. The van der Waals surface area contributed by atoms with E-state index in [-0.39, 0.29) is 11.6 Å². The third-order valence-corrected chi connectivity index (χ3v) is 2.10. The average molecular weight is 215 g/mol. The zero-order valence-electron chi connectivity index (χ0n) is 8.47. The molecule has 0 bridgehead atoms. The van der Waals surface area contributed by atoms with Gasteiger partial charge in [0.1, 0.15) is 17.3 Å². The third-order valence-electron chi connectivity index (χ3n) is 2.10. The van der Waals surface area contributed by atoms with Crippen molar-refractivity contribution >= 4 is 11.9 Å². The number of halogens is 1. The van der Waals surface area contributed by atoms with E-state index >= 15 is 0 Å². The number of rotatable bonds is 2. The molecule has 0 aromatic heterocycles. The first kappa shape index (κ1) is 10.4. The van der Waals surface area contributed by atoms with Crippen LogP contribution in [0, 0.1) is 5.82 Å². The van der Waals surface area contributed by atoms with Gasteiger partial charge in [0.05, 0.1) is 0 Å². The molecule has 1 N–H and O–H groups in total. The normalized spacial score (nSPS) is 10.8. The molecule has 16 heavy (non-hydrogen) atoms. The summed E-state index contributed by atoms with van der Waals surface area (Å²) in [7, 11) is 0. The highest BCUT2D eigenvalue weighted by Crippen LogP contribution is 2.24. The van der Waals surface area contributed by atoms with Crippen LogP contribution in [0.3, 0.4) is 0 Å². The number of aromatic hydroxyl groups is 1. The quantitative estimate of drug-likeness (QED) is 0.766. The lowest BCUT2D eigenvalue weighted by atomic mass is 10.2. The number of benzene rings is 2. The lowest BCUT2D eigenvalue weighted by Crippen LogP contribution is -1.80. The number of para-hydroxylation sites is 2. The van der Waals surface area contributed by atoms with E-state index in [2.05, 4.69) is 4.99 Å². The molecule has 0 fully saturated rings. The second-order valence-electron chi connectivity index (χ2n) is 3.30. The number of phenolic OH excluding ortho intramolecular Hbond substituents is 1. The van der Waals surface area contributed by atoms with Gasteiger partial charge in [0, 0.05) is 6.21 Å². The molecule has 0 aliphatic heterocycles. The monoisotopic (exact) mass is 215 g/mol. The summed E-state index contributed by atoms with van der Waals surface area (Å²) in [5, 5.41) is 9.46. The second-order valence-corrected chi connectivity index (χ2v) is 3.30. The topological polar surface area (TPSA) is 32.6 Å². The molecule has 0 unspecified atom stereocenters. The number of hydrogen-bond acceptors (Lipinski definition) is 2. The lowest BCUT2D eigenvalue weighted by molar-refractivity contribution is 0.477. The molecule has 0 saturated heterocycles. The van der Waals surface area contributed by atoms with Crippen LogP contribution in [-0.4, -0.2) is 11.3 Å². The van der Waals surface area contributed by atoms with Gasteiger partial charge < -0.3 is 5.11 Å². The van der Waals surface area contributed by atoms with Gasteiger partial charge in [-0.2, -0.15) is 0 Å². The third kappa shape index (κ3) is 2.45. The Balaban J connectivity index is 2.21. The summed E-state index contributed by atoms with van der Waals surface area (Å²) >= 11 is 0. The van der Waals surface area contributed by atoms with Crippen molar-refractivity contribution in [3.8, 4) is 5.75 Å². The lowest BCUT2D eigenvalue weighted by Gasteiger charge is -1.97. The summed E-state index contributed by atoms with van der Waals surface area (Å²) in [6, 6.07) is 12.8. The van der Waals surface area contributed by atoms with Crippen LogP contribution in [0.5, 0.6) is 5.75 Å². The van der Waals surface area contributed by atoms with Crippen molar-refractivity contribution in [3.63, 3.8) is 0 Å². The maximum Gasteiger partial charge on any atom is 0.141 e. The molecule has 80 valence electrons.